The van der Waals surface area contributed by atoms with Crippen molar-refractivity contribution in [2.45, 2.75) is 38.5 Å². The molecule has 1 unspecified atom stereocenters. The van der Waals surface area contributed by atoms with Crippen molar-refractivity contribution in [1.82, 2.24) is 0 Å². The van der Waals surface area contributed by atoms with E-state index in [1.807, 2.05) is 13.0 Å². The third-order valence-corrected chi connectivity index (χ3v) is 6.84. The predicted octanol–water partition coefficient (Wildman–Crippen LogP) is 2.71. The summed E-state index contributed by atoms with van der Waals surface area (Å²) in [5, 5.41) is 0. The Labute approximate surface area is 180 Å². The Hall–Kier alpha value is -3.17. The van der Waals surface area contributed by atoms with E-state index in [9.17, 15) is 18.0 Å². The number of rotatable bonds is 1. The van der Waals surface area contributed by atoms with Gasteiger partial charge in [0.2, 0.25) is 6.29 Å². The number of esters is 1. The molecule has 0 fully saturated rings. The van der Waals surface area contributed by atoms with Crippen molar-refractivity contribution in [2.75, 3.05) is 12.0 Å². The maximum atomic E-state index is 13.4. The summed E-state index contributed by atoms with van der Waals surface area (Å²) in [6.45, 7) is 1.86. The third-order valence-electron chi connectivity index (χ3n) is 5.44. The fraction of sp³-hybridized carbons (Fsp3) is 0.273. The van der Waals surface area contributed by atoms with E-state index < -0.39 is 28.3 Å². The van der Waals surface area contributed by atoms with E-state index in [-0.39, 0.29) is 30.9 Å². The summed E-state index contributed by atoms with van der Waals surface area (Å²) < 4.78 is 41.8. The first-order valence-corrected chi connectivity index (χ1v) is 10.7. The van der Waals surface area contributed by atoms with Crippen LogP contribution in [0.15, 0.2) is 41.3 Å². The number of carbonyl (C=O) groups excluding carboxylic acids is 2. The first kappa shape index (κ1) is 21.1. The molecule has 2 aromatic rings. The number of methoxy groups -OCH3 is 1. The van der Waals surface area contributed by atoms with Crippen LogP contribution in [0.5, 0.6) is 5.75 Å². The average Bonchev–Trinajstić information content (AvgIpc) is 3.20. The molecule has 0 aromatic heterocycles. The number of nitrogens with zero attached hydrogens (tertiary/aromatic N) is 1. The second-order valence-corrected chi connectivity index (χ2v) is 8.83. The van der Waals surface area contributed by atoms with Crippen molar-refractivity contribution in [1.29, 1.82) is 0 Å². The van der Waals surface area contributed by atoms with Gasteiger partial charge >= 0.3 is 16.1 Å². The summed E-state index contributed by atoms with van der Waals surface area (Å²) >= 11 is 0. The van der Waals surface area contributed by atoms with Crippen molar-refractivity contribution >= 4 is 33.3 Å². The molecule has 5 rings (SSSR count). The van der Waals surface area contributed by atoms with Gasteiger partial charge in [0.1, 0.15) is 5.75 Å². The highest BCUT2D eigenvalue weighted by atomic mass is 32.2. The van der Waals surface area contributed by atoms with E-state index in [1.54, 1.807) is 18.2 Å². The molecule has 3 aliphatic heterocycles. The fourth-order valence-corrected chi connectivity index (χ4v) is 5.40. The van der Waals surface area contributed by atoms with Crippen LogP contribution in [0.2, 0.25) is 0 Å². The lowest BCUT2D eigenvalue weighted by Gasteiger charge is -2.21. The molecule has 0 N–H and O–H groups in total. The molecule has 8 nitrogen and oxygen atoms in total. The molecule has 1 atom stereocenters. The number of amides is 1. The predicted molar refractivity (Wildman–Crippen MR) is 112 cm³/mol. The van der Waals surface area contributed by atoms with Gasteiger partial charge in [-0.15, -0.1) is 0 Å². The quantitative estimate of drug-likeness (QED) is 0.380. The monoisotopic (exact) mass is 443 g/mol. The van der Waals surface area contributed by atoms with Gasteiger partial charge in [0.15, 0.2) is 0 Å². The maximum Gasteiger partial charge on any atom is 0.331 e. The molecule has 1 amide bonds. The molecule has 0 saturated heterocycles. The van der Waals surface area contributed by atoms with E-state index in [1.165, 1.54) is 18.1 Å². The topological polar surface area (TPSA) is 99.2 Å². The Morgan fingerprint density at radius 1 is 1.26 bits per heavy atom. The molecule has 5 bridgehead atoms. The third kappa shape index (κ3) is 3.12. The lowest BCUT2D eigenvalue weighted by atomic mass is 9.98. The van der Waals surface area contributed by atoms with E-state index in [2.05, 4.69) is 0 Å². The largest absolute Gasteiger partial charge is 0.466 e. The lowest BCUT2D eigenvalue weighted by Crippen LogP contribution is -2.28. The van der Waals surface area contributed by atoms with E-state index in [0.717, 1.165) is 11.6 Å². The molecule has 31 heavy (non-hydrogen) atoms. The number of carbonyl (C=O) groups is 2. The second-order valence-electron chi connectivity index (χ2n) is 7.29. The molecule has 0 spiro atoms. The second kappa shape index (κ2) is 7.21. The van der Waals surface area contributed by atoms with Crippen LogP contribution in [0, 0.1) is 6.92 Å². The molecule has 0 saturated carbocycles. The minimum absolute atomic E-state index is 0. The van der Waals surface area contributed by atoms with Crippen LogP contribution >= 0.6 is 0 Å². The highest BCUT2D eigenvalue weighted by molar-refractivity contribution is 7.86. The molecule has 2 aromatic carbocycles. The molecular weight excluding hydrogens is 422 g/mol. The number of fused-ring (bicyclic) bond motifs is 2. The van der Waals surface area contributed by atoms with Crippen molar-refractivity contribution in [2.24, 2.45) is 0 Å². The minimum atomic E-state index is -4.11. The summed E-state index contributed by atoms with van der Waals surface area (Å²) in [4.78, 5) is 26.8. The molecule has 3 aliphatic rings. The van der Waals surface area contributed by atoms with Crippen LogP contribution in [-0.2, 0) is 41.6 Å². The van der Waals surface area contributed by atoms with Gasteiger partial charge < -0.3 is 14.4 Å². The van der Waals surface area contributed by atoms with Gasteiger partial charge in [-0.2, -0.15) is 8.42 Å². The van der Waals surface area contributed by atoms with E-state index in [4.69, 9.17) is 13.7 Å². The lowest BCUT2D eigenvalue weighted by molar-refractivity contribution is -0.135. The van der Waals surface area contributed by atoms with Crippen LogP contribution in [0.3, 0.4) is 0 Å². The van der Waals surface area contributed by atoms with Crippen LogP contribution in [-0.4, -0.2) is 33.7 Å². The molecule has 3 heterocycles. The van der Waals surface area contributed by atoms with E-state index in [0.29, 0.717) is 28.1 Å². The molecular formula is C22H21NO7S. The number of ether oxygens (including phenoxy) is 2. The van der Waals surface area contributed by atoms with Crippen molar-refractivity contribution < 1.29 is 31.7 Å². The van der Waals surface area contributed by atoms with Crippen LogP contribution in [0.4, 0.5) is 5.69 Å². The standard InChI is InChI=1S/C21H17NO7S.CH4/c1-11-7-13-8-17-28-20(13)18-14(9-16(23)27-2)21(24)22(19(11)18)10-12-5-3-4-6-15(12)30(25,26)29-17;/h3-7,9,17H,8,10H2,1-2H3;1H4. The van der Waals surface area contributed by atoms with Gasteiger partial charge in [-0.3, -0.25) is 4.79 Å². The van der Waals surface area contributed by atoms with Gasteiger partial charge in [-0.25, -0.2) is 8.98 Å². The number of anilines is 1. The Kier molecular flexibility index (Phi) is 4.90. The zero-order valence-corrected chi connectivity index (χ0v) is 17.0. The summed E-state index contributed by atoms with van der Waals surface area (Å²) in [6, 6.07) is 8.23. The number of hydrogen-bond acceptors (Lipinski definition) is 7. The van der Waals surface area contributed by atoms with Crippen molar-refractivity contribution in [3.8, 4) is 5.75 Å². The number of hydrogen-bond donors (Lipinski definition) is 0. The fourth-order valence-electron chi connectivity index (χ4n) is 4.21. The van der Waals surface area contributed by atoms with E-state index >= 15 is 0 Å². The Balaban J connectivity index is 0.00000231. The van der Waals surface area contributed by atoms with Gasteiger partial charge in [0.25, 0.3) is 5.91 Å². The van der Waals surface area contributed by atoms with Crippen molar-refractivity contribution in [3.05, 3.63) is 58.7 Å². The summed E-state index contributed by atoms with van der Waals surface area (Å²) in [6.07, 6.45) is 0.280. The van der Waals surface area contributed by atoms with Crippen LogP contribution < -0.4 is 9.64 Å². The summed E-state index contributed by atoms with van der Waals surface area (Å²) in [5.74, 6) is -0.734. The Bertz CT molecular complexity index is 1260. The highest BCUT2D eigenvalue weighted by Gasteiger charge is 2.43. The summed E-state index contributed by atoms with van der Waals surface area (Å²) in [5.41, 5.74) is 3.13. The number of benzene rings is 2. The first-order chi connectivity index (χ1) is 14.3. The smallest absolute Gasteiger partial charge is 0.331 e. The zero-order valence-electron chi connectivity index (χ0n) is 16.2. The van der Waals surface area contributed by atoms with Gasteiger partial charge in [0.05, 0.1) is 35.4 Å². The maximum absolute atomic E-state index is 13.4. The van der Waals surface area contributed by atoms with Crippen molar-refractivity contribution in [3.63, 3.8) is 0 Å². The molecule has 9 heteroatoms. The number of aryl methyl sites for hydroxylation is 1. The highest BCUT2D eigenvalue weighted by Crippen LogP contribution is 2.50. The van der Waals surface area contributed by atoms with Gasteiger partial charge in [-0.05, 0) is 24.1 Å². The minimum Gasteiger partial charge on any atom is -0.466 e. The first-order valence-electron chi connectivity index (χ1n) is 9.26. The SMILES string of the molecule is C.COC(=O)C=C1C(=O)N2Cc3ccccc3S(=O)(=O)OC3Cc4cc(C)c2c1c4O3. The average molecular weight is 443 g/mol. The zero-order chi connectivity index (χ0) is 21.2. The van der Waals surface area contributed by atoms with Gasteiger partial charge in [0, 0.05) is 18.1 Å². The Morgan fingerprint density at radius 2 is 2.00 bits per heavy atom. The molecule has 0 radical (unpaired) electrons. The summed E-state index contributed by atoms with van der Waals surface area (Å²) in [7, 11) is -2.88. The Morgan fingerprint density at radius 3 is 2.74 bits per heavy atom. The van der Waals surface area contributed by atoms with Crippen LogP contribution in [0.25, 0.3) is 5.57 Å². The molecule has 0 aliphatic carbocycles. The normalized spacial score (nSPS) is 21.2. The van der Waals surface area contributed by atoms with Gasteiger partial charge in [-0.1, -0.05) is 31.7 Å². The van der Waals surface area contributed by atoms with Crippen LogP contribution in [0.1, 0.15) is 29.7 Å². The molecule has 162 valence electrons.